The number of hydrogen-bond donors (Lipinski definition) is 2. The second-order valence-corrected chi connectivity index (χ2v) is 8.13. The van der Waals surface area contributed by atoms with Crippen LogP contribution in [0.4, 0.5) is 0 Å². The zero-order chi connectivity index (χ0) is 23.4. The number of nitrogens with one attached hydrogen (secondary N) is 1. The van der Waals surface area contributed by atoms with Gasteiger partial charge in [0.15, 0.2) is 5.75 Å². The third kappa shape index (κ3) is 4.94. The molecular weight excluding hydrogens is 486 g/mol. The van der Waals surface area contributed by atoms with Gasteiger partial charge in [0.2, 0.25) is 0 Å². The number of aromatic carboxylic acids is 1. The molecule has 0 unspecified atom stereocenters. The van der Waals surface area contributed by atoms with E-state index in [0.717, 1.165) is 5.39 Å². The summed E-state index contributed by atoms with van der Waals surface area (Å²) in [5, 5.41) is 14.0. The lowest BCUT2D eigenvalue weighted by Gasteiger charge is -2.15. The summed E-state index contributed by atoms with van der Waals surface area (Å²) in [6.07, 6.45) is 0. The average Bonchev–Trinajstić information content (AvgIpc) is 2.83. The number of fused-ring (bicyclic) bond motifs is 1. The molecule has 0 bridgehead atoms. The van der Waals surface area contributed by atoms with Gasteiger partial charge in [-0.05, 0) is 41.1 Å². The fourth-order valence-corrected chi connectivity index (χ4v) is 3.98. The molecule has 0 aliphatic rings. The predicted octanol–water partition coefficient (Wildman–Crippen LogP) is 5.45. The maximum atomic E-state index is 13.1. The van der Waals surface area contributed by atoms with Gasteiger partial charge in [-0.25, -0.2) is 9.59 Å². The first-order valence-corrected chi connectivity index (χ1v) is 10.8. The molecule has 0 heterocycles. The summed E-state index contributed by atoms with van der Waals surface area (Å²) in [5.74, 6) is -2.39. The summed E-state index contributed by atoms with van der Waals surface area (Å²) in [4.78, 5) is 37.5. The smallest absolute Gasteiger partial charge is 0.344 e. The molecular formula is C26H18BrNO5. The molecule has 0 spiro atoms. The number of carboxylic acid groups (broad SMARTS) is 1. The minimum Gasteiger partial charge on any atom is -0.478 e. The number of carbonyl (C=O) groups is 3. The molecule has 0 aliphatic heterocycles. The Hall–Kier alpha value is -3.97. The standard InChI is InChI=1S/C26H18BrNO5/c27-19-13-18(15-28-24(29)17-8-2-1-3-9-17)23(22(14-19)25(30)31)33-26(32)21-12-6-10-16-7-4-5-11-20(16)21/h1-14H,15H2,(H,28,29)(H,30,31). The van der Waals surface area contributed by atoms with Crippen LogP contribution in [0.15, 0.2) is 89.4 Å². The summed E-state index contributed by atoms with van der Waals surface area (Å²) < 4.78 is 6.11. The molecule has 6 nitrogen and oxygen atoms in total. The lowest BCUT2D eigenvalue weighted by Crippen LogP contribution is -2.24. The Morgan fingerprint density at radius 2 is 1.55 bits per heavy atom. The Morgan fingerprint density at radius 3 is 2.30 bits per heavy atom. The Morgan fingerprint density at radius 1 is 0.848 bits per heavy atom. The molecule has 7 heteroatoms. The monoisotopic (exact) mass is 503 g/mol. The van der Waals surface area contributed by atoms with E-state index in [1.54, 1.807) is 54.6 Å². The van der Waals surface area contributed by atoms with Crippen molar-refractivity contribution < 1.29 is 24.2 Å². The van der Waals surface area contributed by atoms with Crippen molar-refractivity contribution in [3.05, 3.63) is 112 Å². The first-order chi connectivity index (χ1) is 15.9. The number of hydrogen-bond acceptors (Lipinski definition) is 4. The van der Waals surface area contributed by atoms with Crippen molar-refractivity contribution in [2.24, 2.45) is 0 Å². The fourth-order valence-electron chi connectivity index (χ4n) is 3.48. The second kappa shape index (κ2) is 9.67. The number of carbonyl (C=O) groups excluding carboxylic acids is 2. The highest BCUT2D eigenvalue weighted by molar-refractivity contribution is 9.10. The van der Waals surface area contributed by atoms with Crippen LogP contribution < -0.4 is 10.1 Å². The third-order valence-electron chi connectivity index (χ3n) is 5.04. The normalized spacial score (nSPS) is 10.6. The van der Waals surface area contributed by atoms with Crippen molar-refractivity contribution in [1.29, 1.82) is 0 Å². The van der Waals surface area contributed by atoms with Crippen molar-refractivity contribution in [1.82, 2.24) is 5.32 Å². The number of esters is 1. The molecule has 4 aromatic rings. The zero-order valence-corrected chi connectivity index (χ0v) is 18.8. The maximum Gasteiger partial charge on any atom is 0.344 e. The Balaban J connectivity index is 1.68. The van der Waals surface area contributed by atoms with E-state index in [0.29, 0.717) is 26.5 Å². The first kappa shape index (κ1) is 22.2. The molecule has 2 N–H and O–H groups in total. The van der Waals surface area contributed by atoms with Gasteiger partial charge in [-0.15, -0.1) is 0 Å². The summed E-state index contributed by atoms with van der Waals surface area (Å²) >= 11 is 3.29. The van der Waals surface area contributed by atoms with Gasteiger partial charge in [0.25, 0.3) is 5.91 Å². The van der Waals surface area contributed by atoms with E-state index >= 15 is 0 Å². The van der Waals surface area contributed by atoms with E-state index in [2.05, 4.69) is 21.2 Å². The van der Waals surface area contributed by atoms with Crippen molar-refractivity contribution in [3.63, 3.8) is 0 Å². The Labute approximate surface area is 197 Å². The van der Waals surface area contributed by atoms with Crippen molar-refractivity contribution in [2.45, 2.75) is 6.54 Å². The first-order valence-electron chi connectivity index (χ1n) is 10.0. The highest BCUT2D eigenvalue weighted by Gasteiger charge is 2.22. The molecule has 0 saturated heterocycles. The maximum absolute atomic E-state index is 13.1. The molecule has 4 aromatic carbocycles. The minimum atomic E-state index is -1.26. The van der Waals surface area contributed by atoms with Crippen LogP contribution in [0.3, 0.4) is 0 Å². The van der Waals surface area contributed by atoms with Crippen LogP contribution in [0.25, 0.3) is 10.8 Å². The number of ether oxygens (including phenoxy) is 1. The van der Waals surface area contributed by atoms with Crippen LogP contribution >= 0.6 is 15.9 Å². The van der Waals surface area contributed by atoms with E-state index in [4.69, 9.17) is 4.74 Å². The topological polar surface area (TPSA) is 92.7 Å². The summed E-state index contributed by atoms with van der Waals surface area (Å²) in [6.45, 7) is -0.0361. The number of benzene rings is 4. The third-order valence-corrected chi connectivity index (χ3v) is 5.50. The highest BCUT2D eigenvalue weighted by atomic mass is 79.9. The molecule has 0 radical (unpaired) electrons. The van der Waals surface area contributed by atoms with Crippen LogP contribution in [0.2, 0.25) is 0 Å². The summed E-state index contributed by atoms with van der Waals surface area (Å²) in [5.41, 5.74) is 0.924. The van der Waals surface area contributed by atoms with E-state index in [9.17, 15) is 19.5 Å². The molecule has 164 valence electrons. The number of amides is 1. The van der Waals surface area contributed by atoms with Gasteiger partial charge in [-0.3, -0.25) is 4.79 Å². The Kier molecular flexibility index (Phi) is 6.51. The fraction of sp³-hybridized carbons (Fsp3) is 0.0385. The van der Waals surface area contributed by atoms with E-state index in [-0.39, 0.29) is 23.8 Å². The van der Waals surface area contributed by atoms with Crippen molar-refractivity contribution in [2.75, 3.05) is 0 Å². The molecule has 33 heavy (non-hydrogen) atoms. The van der Waals surface area contributed by atoms with Crippen LogP contribution in [0.5, 0.6) is 5.75 Å². The van der Waals surface area contributed by atoms with Gasteiger partial charge < -0.3 is 15.2 Å². The van der Waals surface area contributed by atoms with Crippen LogP contribution in [-0.2, 0) is 6.54 Å². The van der Waals surface area contributed by atoms with Gasteiger partial charge in [-0.2, -0.15) is 0 Å². The van der Waals surface area contributed by atoms with Gasteiger partial charge in [-0.1, -0.05) is 70.5 Å². The van der Waals surface area contributed by atoms with E-state index in [1.165, 1.54) is 6.07 Å². The highest BCUT2D eigenvalue weighted by Crippen LogP contribution is 2.31. The zero-order valence-electron chi connectivity index (χ0n) is 17.2. The van der Waals surface area contributed by atoms with E-state index in [1.807, 2.05) is 24.3 Å². The molecule has 0 aromatic heterocycles. The Bertz CT molecular complexity index is 1360. The number of rotatable bonds is 6. The van der Waals surface area contributed by atoms with Gasteiger partial charge in [0.05, 0.1) is 5.56 Å². The summed E-state index contributed by atoms with van der Waals surface area (Å²) in [7, 11) is 0. The lowest BCUT2D eigenvalue weighted by atomic mass is 10.0. The SMILES string of the molecule is O=C(NCc1cc(Br)cc(C(=O)O)c1OC(=O)c1cccc2ccccc12)c1ccccc1. The van der Waals surface area contributed by atoms with Crippen molar-refractivity contribution in [3.8, 4) is 5.75 Å². The second-order valence-electron chi connectivity index (χ2n) is 7.21. The van der Waals surface area contributed by atoms with E-state index < -0.39 is 11.9 Å². The molecule has 1 amide bonds. The van der Waals surface area contributed by atoms with Crippen LogP contribution in [0, 0.1) is 0 Å². The lowest BCUT2D eigenvalue weighted by molar-refractivity contribution is 0.0680. The molecule has 0 fully saturated rings. The molecule has 0 saturated carbocycles. The quantitative estimate of drug-likeness (QED) is 0.269. The molecule has 0 aliphatic carbocycles. The van der Waals surface area contributed by atoms with Crippen LogP contribution in [-0.4, -0.2) is 23.0 Å². The van der Waals surface area contributed by atoms with Gasteiger partial charge >= 0.3 is 11.9 Å². The van der Waals surface area contributed by atoms with Crippen LogP contribution in [0.1, 0.15) is 36.6 Å². The largest absolute Gasteiger partial charge is 0.478 e. The molecule has 4 rings (SSSR count). The van der Waals surface area contributed by atoms with Crippen molar-refractivity contribution >= 4 is 44.5 Å². The number of carboxylic acids is 1. The van der Waals surface area contributed by atoms with Gasteiger partial charge in [0, 0.05) is 22.1 Å². The molecule has 0 atom stereocenters. The number of halogens is 1. The average molecular weight is 504 g/mol. The van der Waals surface area contributed by atoms with Gasteiger partial charge in [0.1, 0.15) is 5.56 Å². The summed E-state index contributed by atoms with van der Waals surface area (Å²) in [6, 6.07) is 24.2. The minimum absolute atomic E-state index is 0.0361. The predicted molar refractivity (Wildman–Crippen MR) is 128 cm³/mol.